The molecule has 0 saturated carbocycles. The smallest absolute Gasteiger partial charge is 0.423 e. The summed E-state index contributed by atoms with van der Waals surface area (Å²) in [4.78, 5) is 0. The number of ether oxygens (including phenoxy) is 2. The molecule has 1 heterocycles. The Morgan fingerprint density at radius 1 is 1.18 bits per heavy atom. The molecule has 1 aromatic carbocycles. The minimum atomic E-state index is -1.42. The number of fused-ring (bicyclic) bond motifs is 1. The quantitative estimate of drug-likeness (QED) is 0.780. The highest BCUT2D eigenvalue weighted by Gasteiger charge is 2.44. The van der Waals surface area contributed by atoms with Crippen molar-refractivity contribution in [1.82, 2.24) is 0 Å². The average molecular weight is 323 g/mol. The summed E-state index contributed by atoms with van der Waals surface area (Å²) in [6, 6.07) is 6.16. The fraction of sp³-hybridized carbons (Fsp3) is 0.647. The van der Waals surface area contributed by atoms with Gasteiger partial charge in [0.1, 0.15) is 5.75 Å². The highest BCUT2D eigenvalue weighted by molar-refractivity contribution is 6.61. The van der Waals surface area contributed by atoms with Gasteiger partial charge in [0, 0.05) is 31.1 Å². The summed E-state index contributed by atoms with van der Waals surface area (Å²) in [6.07, 6.45) is 0. The predicted molar refractivity (Wildman–Crippen MR) is 88.4 cm³/mol. The van der Waals surface area contributed by atoms with Crippen molar-refractivity contribution in [3.8, 4) is 5.75 Å². The van der Waals surface area contributed by atoms with Crippen molar-refractivity contribution in [2.24, 2.45) is 5.41 Å². The summed E-state index contributed by atoms with van der Waals surface area (Å²) in [5, 5.41) is 1.10. The molecule has 1 aromatic rings. The van der Waals surface area contributed by atoms with Crippen LogP contribution in [0.25, 0.3) is 0 Å². The zero-order chi connectivity index (χ0) is 16.4. The Morgan fingerprint density at radius 3 is 2.36 bits per heavy atom. The predicted octanol–water partition coefficient (Wildman–Crippen LogP) is 3.13. The summed E-state index contributed by atoms with van der Waals surface area (Å²) >= 11 is 0. The van der Waals surface area contributed by atoms with Crippen LogP contribution in [0.4, 0.5) is 0 Å². The Morgan fingerprint density at radius 2 is 1.82 bits per heavy atom. The Balaban J connectivity index is 2.24. The second-order valence-corrected chi connectivity index (χ2v) is 8.29. The third kappa shape index (κ3) is 3.54. The molecule has 0 aliphatic carbocycles. The molecule has 0 bridgehead atoms. The summed E-state index contributed by atoms with van der Waals surface area (Å²) in [5.74, 6) is 0.275. The van der Waals surface area contributed by atoms with Gasteiger partial charge in [-0.15, -0.1) is 0 Å². The zero-order valence-corrected chi connectivity index (χ0v) is 15.5. The van der Waals surface area contributed by atoms with Crippen molar-refractivity contribution in [3.63, 3.8) is 0 Å². The highest BCUT2D eigenvalue weighted by atomic mass is 28.3. The SMILES string of the molecule is CCO[Si](OCC)c1ccc2c(c1)COC(C)(C(C)(C)C)O2. The van der Waals surface area contributed by atoms with E-state index in [-0.39, 0.29) is 5.41 Å². The Labute approximate surface area is 135 Å². The van der Waals surface area contributed by atoms with Crippen molar-refractivity contribution < 1.29 is 18.3 Å². The van der Waals surface area contributed by atoms with Crippen LogP contribution in [0.1, 0.15) is 47.1 Å². The van der Waals surface area contributed by atoms with Gasteiger partial charge in [0.2, 0.25) is 5.79 Å². The standard InChI is InChI=1S/C17H27O4Si/c1-7-19-22(20-8-2)14-9-10-15-13(11-14)12-18-17(6,21-15)16(3,4)5/h9-11H,7-8,12H2,1-6H3. The highest BCUT2D eigenvalue weighted by Crippen LogP contribution is 2.40. The van der Waals surface area contributed by atoms with Crippen LogP contribution in [0.5, 0.6) is 5.75 Å². The second-order valence-electron chi connectivity index (χ2n) is 6.56. The molecule has 1 radical (unpaired) electrons. The van der Waals surface area contributed by atoms with Gasteiger partial charge in [0.25, 0.3) is 0 Å². The molecule has 1 atom stereocenters. The third-order valence-electron chi connectivity index (χ3n) is 4.02. The van der Waals surface area contributed by atoms with E-state index in [0.29, 0.717) is 19.8 Å². The van der Waals surface area contributed by atoms with Crippen LogP contribution in [0.2, 0.25) is 0 Å². The first-order valence-corrected chi connectivity index (χ1v) is 9.21. The van der Waals surface area contributed by atoms with Crippen LogP contribution in [0.3, 0.4) is 0 Å². The normalized spacial score (nSPS) is 21.6. The molecule has 2 rings (SSSR count). The van der Waals surface area contributed by atoms with Gasteiger partial charge < -0.3 is 18.3 Å². The van der Waals surface area contributed by atoms with Crippen molar-refractivity contribution in [2.75, 3.05) is 13.2 Å². The molecule has 0 N–H and O–H groups in total. The minimum Gasteiger partial charge on any atom is -0.462 e. The molecular weight excluding hydrogens is 296 g/mol. The third-order valence-corrected chi connectivity index (χ3v) is 5.90. The summed E-state index contributed by atoms with van der Waals surface area (Å²) in [7, 11) is -1.42. The number of hydrogen-bond acceptors (Lipinski definition) is 4. The number of hydrogen-bond donors (Lipinski definition) is 0. The van der Waals surface area contributed by atoms with Gasteiger partial charge in [-0.2, -0.15) is 0 Å². The van der Waals surface area contributed by atoms with Crippen LogP contribution >= 0.6 is 0 Å². The summed E-state index contributed by atoms with van der Waals surface area (Å²) < 4.78 is 23.7. The van der Waals surface area contributed by atoms with E-state index >= 15 is 0 Å². The van der Waals surface area contributed by atoms with Crippen molar-refractivity contribution >= 4 is 14.5 Å². The van der Waals surface area contributed by atoms with E-state index in [1.807, 2.05) is 32.9 Å². The molecule has 0 aromatic heterocycles. The molecular formula is C17H27O4Si. The fourth-order valence-corrected chi connectivity index (χ4v) is 3.67. The molecule has 0 amide bonds. The van der Waals surface area contributed by atoms with Gasteiger partial charge in [0.15, 0.2) is 0 Å². The minimum absolute atomic E-state index is 0.102. The number of benzene rings is 1. The molecule has 0 fully saturated rings. The van der Waals surface area contributed by atoms with Crippen LogP contribution in [0.15, 0.2) is 18.2 Å². The lowest BCUT2D eigenvalue weighted by molar-refractivity contribution is -0.249. The van der Waals surface area contributed by atoms with Gasteiger partial charge in [-0.05, 0) is 31.2 Å². The van der Waals surface area contributed by atoms with E-state index in [2.05, 4.69) is 26.8 Å². The first-order chi connectivity index (χ1) is 10.3. The molecule has 22 heavy (non-hydrogen) atoms. The molecule has 1 aliphatic heterocycles. The summed E-state index contributed by atoms with van der Waals surface area (Å²) in [6.45, 7) is 14.2. The van der Waals surface area contributed by atoms with Crippen LogP contribution in [-0.4, -0.2) is 28.3 Å². The first-order valence-electron chi connectivity index (χ1n) is 7.89. The lowest BCUT2D eigenvalue weighted by Crippen LogP contribution is -2.50. The topological polar surface area (TPSA) is 36.9 Å². The number of rotatable bonds is 5. The van der Waals surface area contributed by atoms with Gasteiger partial charge in [-0.3, -0.25) is 0 Å². The van der Waals surface area contributed by atoms with Crippen LogP contribution in [-0.2, 0) is 20.2 Å². The molecule has 123 valence electrons. The maximum atomic E-state index is 6.15. The molecule has 0 saturated heterocycles. The lowest BCUT2D eigenvalue weighted by atomic mass is 9.86. The van der Waals surface area contributed by atoms with E-state index in [4.69, 9.17) is 18.3 Å². The molecule has 0 spiro atoms. The molecule has 1 unspecified atom stereocenters. The Bertz CT molecular complexity index is 506. The van der Waals surface area contributed by atoms with E-state index in [0.717, 1.165) is 16.5 Å². The van der Waals surface area contributed by atoms with E-state index in [1.54, 1.807) is 0 Å². The van der Waals surface area contributed by atoms with Gasteiger partial charge in [0.05, 0.1) is 6.61 Å². The second kappa shape index (κ2) is 6.70. The van der Waals surface area contributed by atoms with E-state index < -0.39 is 15.1 Å². The van der Waals surface area contributed by atoms with E-state index in [1.165, 1.54) is 0 Å². The monoisotopic (exact) mass is 323 g/mol. The maximum Gasteiger partial charge on any atom is 0.423 e. The van der Waals surface area contributed by atoms with Crippen molar-refractivity contribution in [3.05, 3.63) is 23.8 Å². The van der Waals surface area contributed by atoms with Crippen LogP contribution in [0, 0.1) is 5.41 Å². The fourth-order valence-electron chi connectivity index (χ4n) is 2.21. The molecule has 5 heteroatoms. The van der Waals surface area contributed by atoms with Crippen molar-refractivity contribution in [1.29, 1.82) is 0 Å². The molecule has 4 nitrogen and oxygen atoms in total. The lowest BCUT2D eigenvalue weighted by Gasteiger charge is -2.44. The van der Waals surface area contributed by atoms with Gasteiger partial charge >= 0.3 is 9.28 Å². The van der Waals surface area contributed by atoms with Crippen molar-refractivity contribution in [2.45, 2.75) is 53.9 Å². The largest absolute Gasteiger partial charge is 0.462 e. The summed E-state index contributed by atoms with van der Waals surface area (Å²) in [5.41, 5.74) is 0.954. The van der Waals surface area contributed by atoms with Crippen LogP contribution < -0.4 is 9.92 Å². The van der Waals surface area contributed by atoms with Gasteiger partial charge in [-0.1, -0.05) is 26.8 Å². The maximum absolute atomic E-state index is 6.15. The first kappa shape index (κ1) is 17.5. The Hall–Kier alpha value is -0.883. The average Bonchev–Trinajstić information content (AvgIpc) is 2.45. The zero-order valence-electron chi connectivity index (χ0n) is 14.5. The molecule has 1 aliphatic rings. The Kier molecular flexibility index (Phi) is 5.32. The van der Waals surface area contributed by atoms with E-state index in [9.17, 15) is 0 Å². The van der Waals surface area contributed by atoms with Gasteiger partial charge in [-0.25, -0.2) is 0 Å².